The molecule has 0 aliphatic rings. The number of hydrogen-bond acceptors (Lipinski definition) is 4. The number of unbranched alkanes of at least 4 members (excludes halogenated alkanes) is 1. The number of rotatable bonds is 6. The zero-order chi connectivity index (χ0) is 20.5. The SMILES string of the molecule is CCCCn1ccc2c(-n3c(C)nnc3-c3cc(CC)c(O)cc3O)cccc21. The standard InChI is InChI=1S/C23H26N4O2/c1-4-6-11-26-12-10-17-19(26)8-7-9-20(17)27-15(3)24-25-23(27)18-13-16(5-2)21(28)14-22(18)29/h7-10,12-14,28-29H,4-6,11H2,1-3H3. The quantitative estimate of drug-likeness (QED) is 0.487. The van der Waals surface area contributed by atoms with Crippen molar-refractivity contribution in [3.63, 3.8) is 0 Å². The van der Waals surface area contributed by atoms with Crippen molar-refractivity contribution in [1.29, 1.82) is 0 Å². The molecular weight excluding hydrogens is 364 g/mol. The van der Waals surface area contributed by atoms with Crippen LogP contribution in [0, 0.1) is 6.92 Å². The molecule has 0 aliphatic carbocycles. The van der Waals surface area contributed by atoms with E-state index in [1.807, 2.05) is 30.5 Å². The summed E-state index contributed by atoms with van der Waals surface area (Å²) in [6, 6.07) is 11.5. The highest BCUT2D eigenvalue weighted by molar-refractivity contribution is 5.89. The van der Waals surface area contributed by atoms with Gasteiger partial charge in [0.1, 0.15) is 17.3 Å². The first-order chi connectivity index (χ1) is 14.0. The summed E-state index contributed by atoms with van der Waals surface area (Å²) in [5.74, 6) is 1.37. The highest BCUT2D eigenvalue weighted by Gasteiger charge is 2.20. The normalized spacial score (nSPS) is 11.4. The fraction of sp³-hybridized carbons (Fsp3) is 0.304. The topological polar surface area (TPSA) is 76.1 Å². The van der Waals surface area contributed by atoms with Gasteiger partial charge in [0.15, 0.2) is 5.82 Å². The van der Waals surface area contributed by atoms with Crippen LogP contribution in [0.4, 0.5) is 0 Å². The van der Waals surface area contributed by atoms with E-state index in [1.54, 1.807) is 6.07 Å². The van der Waals surface area contributed by atoms with E-state index in [1.165, 1.54) is 11.6 Å². The predicted octanol–water partition coefficient (Wildman–Crippen LogP) is 4.97. The van der Waals surface area contributed by atoms with Crippen molar-refractivity contribution >= 4 is 10.9 Å². The average molecular weight is 390 g/mol. The van der Waals surface area contributed by atoms with Gasteiger partial charge in [-0.25, -0.2) is 0 Å². The lowest BCUT2D eigenvalue weighted by atomic mass is 10.1. The summed E-state index contributed by atoms with van der Waals surface area (Å²) < 4.78 is 4.24. The van der Waals surface area contributed by atoms with E-state index in [-0.39, 0.29) is 11.5 Å². The first kappa shape index (κ1) is 19.1. The Morgan fingerprint density at radius 3 is 2.59 bits per heavy atom. The molecule has 2 aromatic carbocycles. The number of hydrogen-bond donors (Lipinski definition) is 2. The fourth-order valence-electron chi connectivity index (χ4n) is 3.84. The molecule has 29 heavy (non-hydrogen) atoms. The Balaban J connectivity index is 1.91. The molecule has 2 N–H and O–H groups in total. The molecule has 0 spiro atoms. The smallest absolute Gasteiger partial charge is 0.172 e. The van der Waals surface area contributed by atoms with Gasteiger partial charge in [-0.3, -0.25) is 4.57 Å². The van der Waals surface area contributed by atoms with E-state index in [2.05, 4.69) is 40.0 Å². The first-order valence-corrected chi connectivity index (χ1v) is 10.1. The maximum absolute atomic E-state index is 10.5. The third kappa shape index (κ3) is 3.24. The molecule has 0 saturated heterocycles. The van der Waals surface area contributed by atoms with Crippen molar-refractivity contribution in [3.8, 4) is 28.6 Å². The third-order valence-electron chi connectivity index (χ3n) is 5.43. The maximum Gasteiger partial charge on any atom is 0.172 e. The van der Waals surface area contributed by atoms with Crippen LogP contribution in [0.2, 0.25) is 0 Å². The lowest BCUT2D eigenvalue weighted by molar-refractivity contribution is 0.447. The Morgan fingerprint density at radius 2 is 1.83 bits per heavy atom. The van der Waals surface area contributed by atoms with Crippen LogP contribution >= 0.6 is 0 Å². The van der Waals surface area contributed by atoms with Crippen LogP contribution in [0.1, 0.15) is 38.1 Å². The zero-order valence-corrected chi connectivity index (χ0v) is 17.1. The molecule has 0 radical (unpaired) electrons. The molecule has 0 amide bonds. The number of aryl methyl sites for hydroxylation is 3. The summed E-state index contributed by atoms with van der Waals surface area (Å²) in [7, 11) is 0. The molecule has 0 fully saturated rings. The number of phenols is 2. The van der Waals surface area contributed by atoms with E-state index in [0.29, 0.717) is 17.8 Å². The minimum atomic E-state index is -0.0129. The van der Waals surface area contributed by atoms with Gasteiger partial charge in [0.05, 0.1) is 16.8 Å². The van der Waals surface area contributed by atoms with E-state index in [9.17, 15) is 10.2 Å². The Bertz CT molecular complexity index is 1170. The van der Waals surface area contributed by atoms with Crippen LogP contribution in [-0.2, 0) is 13.0 Å². The van der Waals surface area contributed by atoms with E-state index in [4.69, 9.17) is 0 Å². The van der Waals surface area contributed by atoms with E-state index < -0.39 is 0 Å². The Morgan fingerprint density at radius 1 is 1.00 bits per heavy atom. The second kappa shape index (κ2) is 7.62. The van der Waals surface area contributed by atoms with Crippen molar-refractivity contribution in [2.75, 3.05) is 0 Å². The van der Waals surface area contributed by atoms with Gasteiger partial charge < -0.3 is 14.8 Å². The molecule has 0 bridgehead atoms. The van der Waals surface area contributed by atoms with Gasteiger partial charge in [0, 0.05) is 24.2 Å². The minimum Gasteiger partial charge on any atom is -0.508 e. The Labute approximate surface area is 170 Å². The zero-order valence-electron chi connectivity index (χ0n) is 17.1. The molecule has 0 atom stereocenters. The van der Waals surface area contributed by atoms with Crippen LogP contribution in [0.3, 0.4) is 0 Å². The Hall–Kier alpha value is -3.28. The number of aromatic nitrogens is 4. The van der Waals surface area contributed by atoms with Crippen LogP contribution in [-0.4, -0.2) is 29.5 Å². The largest absolute Gasteiger partial charge is 0.508 e. The molecule has 2 aromatic heterocycles. The number of benzene rings is 2. The minimum absolute atomic E-state index is 0.0129. The van der Waals surface area contributed by atoms with Crippen molar-refractivity contribution < 1.29 is 10.2 Å². The molecular formula is C23H26N4O2. The summed E-state index contributed by atoms with van der Waals surface area (Å²) in [4.78, 5) is 0. The van der Waals surface area contributed by atoms with Gasteiger partial charge in [-0.05, 0) is 49.6 Å². The van der Waals surface area contributed by atoms with Gasteiger partial charge in [-0.15, -0.1) is 10.2 Å². The molecule has 150 valence electrons. The number of fused-ring (bicyclic) bond motifs is 1. The van der Waals surface area contributed by atoms with Gasteiger partial charge in [-0.1, -0.05) is 26.3 Å². The van der Waals surface area contributed by atoms with E-state index >= 15 is 0 Å². The predicted molar refractivity (Wildman–Crippen MR) is 115 cm³/mol. The monoisotopic (exact) mass is 390 g/mol. The van der Waals surface area contributed by atoms with Crippen LogP contribution < -0.4 is 0 Å². The van der Waals surface area contributed by atoms with Crippen molar-refractivity contribution in [2.45, 2.75) is 46.6 Å². The number of aromatic hydroxyl groups is 2. The molecule has 4 aromatic rings. The summed E-state index contributed by atoms with van der Waals surface area (Å²) in [5, 5.41) is 30.3. The van der Waals surface area contributed by atoms with Gasteiger partial charge in [0.2, 0.25) is 0 Å². The second-order valence-corrected chi connectivity index (χ2v) is 7.33. The van der Waals surface area contributed by atoms with Gasteiger partial charge in [0.25, 0.3) is 0 Å². The third-order valence-corrected chi connectivity index (χ3v) is 5.43. The molecule has 4 rings (SSSR count). The molecule has 0 aliphatic heterocycles. The van der Waals surface area contributed by atoms with Crippen LogP contribution in [0.15, 0.2) is 42.6 Å². The number of phenolic OH excluding ortho intramolecular Hbond substituents is 2. The molecule has 2 heterocycles. The summed E-state index contributed by atoms with van der Waals surface area (Å²) in [6.45, 7) is 7.04. The highest BCUT2D eigenvalue weighted by Crippen LogP contribution is 2.36. The summed E-state index contributed by atoms with van der Waals surface area (Å²) in [5.41, 5.74) is 3.46. The fourth-order valence-corrected chi connectivity index (χ4v) is 3.84. The van der Waals surface area contributed by atoms with E-state index in [0.717, 1.165) is 41.8 Å². The van der Waals surface area contributed by atoms with Gasteiger partial charge >= 0.3 is 0 Å². The second-order valence-electron chi connectivity index (χ2n) is 7.33. The van der Waals surface area contributed by atoms with Crippen molar-refractivity contribution in [1.82, 2.24) is 19.3 Å². The lowest BCUT2D eigenvalue weighted by Gasteiger charge is -2.13. The van der Waals surface area contributed by atoms with Gasteiger partial charge in [-0.2, -0.15) is 0 Å². The molecule has 6 nitrogen and oxygen atoms in total. The molecule has 6 heteroatoms. The first-order valence-electron chi connectivity index (χ1n) is 10.1. The van der Waals surface area contributed by atoms with Crippen LogP contribution in [0.5, 0.6) is 11.5 Å². The maximum atomic E-state index is 10.5. The highest BCUT2D eigenvalue weighted by atomic mass is 16.3. The average Bonchev–Trinajstić information content (AvgIpc) is 3.30. The van der Waals surface area contributed by atoms with Crippen LogP contribution in [0.25, 0.3) is 28.0 Å². The summed E-state index contributed by atoms with van der Waals surface area (Å²) >= 11 is 0. The molecule has 0 unspecified atom stereocenters. The number of nitrogens with zero attached hydrogens (tertiary/aromatic N) is 4. The lowest BCUT2D eigenvalue weighted by Crippen LogP contribution is -2.02. The van der Waals surface area contributed by atoms with Crippen molar-refractivity contribution in [2.24, 2.45) is 0 Å². The summed E-state index contributed by atoms with van der Waals surface area (Å²) in [6.07, 6.45) is 5.05. The van der Waals surface area contributed by atoms with Crippen molar-refractivity contribution in [3.05, 3.63) is 54.0 Å². The molecule has 0 saturated carbocycles. The Kier molecular flexibility index (Phi) is 5.01.